The highest BCUT2D eigenvalue weighted by atomic mass is 16.4. The lowest BCUT2D eigenvalue weighted by molar-refractivity contribution is -0.383. The molecule has 0 heterocycles. The minimum absolute atomic E-state index is 0.140. The first kappa shape index (κ1) is 9.43. The van der Waals surface area contributed by atoms with Crippen molar-refractivity contribution in [1.29, 1.82) is 0 Å². The van der Waals surface area contributed by atoms with Crippen LogP contribution in [0.3, 0.4) is 0 Å². The second-order valence-electron chi connectivity index (χ2n) is 2.87. The van der Waals surface area contributed by atoms with Gasteiger partial charge in [-0.1, -0.05) is 13.8 Å². The van der Waals surface area contributed by atoms with Crippen LogP contribution in [0.25, 0.3) is 0 Å². The maximum Gasteiger partial charge on any atom is 0.0774 e. The lowest BCUT2D eigenvalue weighted by atomic mass is 9.93. The van der Waals surface area contributed by atoms with Gasteiger partial charge in [-0.15, -0.1) is 0 Å². The Morgan fingerprint density at radius 3 is 2.20 bits per heavy atom. The van der Waals surface area contributed by atoms with Gasteiger partial charge in [-0.05, 0) is 12.3 Å². The van der Waals surface area contributed by atoms with Gasteiger partial charge >= 0.3 is 0 Å². The summed E-state index contributed by atoms with van der Waals surface area (Å²) >= 11 is 0. The molecule has 0 rings (SSSR count). The van der Waals surface area contributed by atoms with Crippen LogP contribution in [-0.2, 0) is 4.79 Å². The molecule has 3 heteroatoms. The van der Waals surface area contributed by atoms with E-state index in [-0.39, 0.29) is 12.3 Å². The summed E-state index contributed by atoms with van der Waals surface area (Å²) < 4.78 is 0. The number of hydrogen-bond donors (Lipinski definition) is 1. The number of hydrogen-bond acceptors (Lipinski definition) is 2. The van der Waals surface area contributed by atoms with E-state index in [1.165, 1.54) is 0 Å². The summed E-state index contributed by atoms with van der Waals surface area (Å²) in [6.45, 7) is 4.67. The lowest BCUT2D eigenvalue weighted by Gasteiger charge is -2.16. The molecule has 0 aromatic heterocycles. The summed E-state index contributed by atoms with van der Waals surface area (Å²) in [5.74, 6) is -0.414. The smallest absolute Gasteiger partial charge is 0.0774 e. The van der Waals surface area contributed by atoms with Gasteiger partial charge in [0.1, 0.15) is 0 Å². The van der Waals surface area contributed by atoms with Crippen LogP contribution in [0.5, 0.6) is 0 Å². The van der Waals surface area contributed by atoms with Gasteiger partial charge in [-0.3, -0.25) is 0 Å². The van der Waals surface area contributed by atoms with Crippen molar-refractivity contribution in [3.8, 4) is 0 Å². The van der Waals surface area contributed by atoms with Gasteiger partial charge in [-0.25, -0.2) is 0 Å². The molecule has 10 heavy (non-hydrogen) atoms. The number of carbonyl (C=O) groups is 1. The van der Waals surface area contributed by atoms with Crippen LogP contribution in [-0.4, -0.2) is 12.5 Å². The number of rotatable bonds is 4. The van der Waals surface area contributed by atoms with Crippen molar-refractivity contribution in [1.82, 2.24) is 0 Å². The predicted octanol–water partition coefficient (Wildman–Crippen LogP) is -1.36. The average molecular weight is 145 g/mol. The van der Waals surface area contributed by atoms with Crippen LogP contribution in [0.4, 0.5) is 0 Å². The fourth-order valence-corrected chi connectivity index (χ4v) is 0.885. The van der Waals surface area contributed by atoms with Crippen molar-refractivity contribution in [2.75, 3.05) is 6.54 Å². The van der Waals surface area contributed by atoms with Gasteiger partial charge in [-0.2, -0.15) is 0 Å². The van der Waals surface area contributed by atoms with Gasteiger partial charge in [0.05, 0.1) is 6.54 Å². The molecule has 0 saturated carbocycles. The Bertz CT molecular complexity index is 112. The molecule has 0 bridgehead atoms. The summed E-state index contributed by atoms with van der Waals surface area (Å²) in [6, 6.07) is 0. The molecule has 0 aromatic rings. The Hall–Kier alpha value is -0.570. The highest BCUT2D eigenvalue weighted by molar-refractivity contribution is 5.64. The highest BCUT2D eigenvalue weighted by Gasteiger charge is 2.12. The van der Waals surface area contributed by atoms with Crippen molar-refractivity contribution in [3.05, 3.63) is 0 Å². The Labute approximate surface area is 61.2 Å². The summed E-state index contributed by atoms with van der Waals surface area (Å²) in [6.07, 6.45) is 0.140. The highest BCUT2D eigenvalue weighted by Crippen LogP contribution is 2.11. The largest absolute Gasteiger partial charge is 0.550 e. The van der Waals surface area contributed by atoms with Crippen LogP contribution in [0.2, 0.25) is 0 Å². The fraction of sp³-hybridized carbons (Fsp3) is 0.857. The summed E-state index contributed by atoms with van der Waals surface area (Å²) in [7, 11) is 0. The van der Waals surface area contributed by atoms with E-state index < -0.39 is 5.97 Å². The molecule has 0 spiro atoms. The summed E-state index contributed by atoms with van der Waals surface area (Å²) in [5, 5.41) is 10.1. The molecule has 0 aromatic carbocycles. The normalized spacial score (nSPS) is 13.6. The van der Waals surface area contributed by atoms with E-state index >= 15 is 0 Å². The van der Waals surface area contributed by atoms with Gasteiger partial charge in [0.25, 0.3) is 0 Å². The molecule has 0 amide bonds. The number of carboxylic acid groups (broad SMARTS) is 1. The van der Waals surface area contributed by atoms with Crippen molar-refractivity contribution in [2.24, 2.45) is 11.8 Å². The van der Waals surface area contributed by atoms with Crippen LogP contribution in [0.15, 0.2) is 0 Å². The maximum absolute atomic E-state index is 10.1. The number of carboxylic acids is 1. The Morgan fingerprint density at radius 1 is 1.60 bits per heavy atom. The Morgan fingerprint density at radius 2 is 2.10 bits per heavy atom. The van der Waals surface area contributed by atoms with E-state index in [9.17, 15) is 9.90 Å². The van der Waals surface area contributed by atoms with E-state index in [2.05, 4.69) is 5.73 Å². The Balaban J connectivity index is 3.71. The second kappa shape index (κ2) is 4.28. The van der Waals surface area contributed by atoms with Crippen molar-refractivity contribution in [3.63, 3.8) is 0 Å². The Kier molecular flexibility index (Phi) is 4.03. The number of carbonyl (C=O) groups excluding carboxylic acids is 1. The third kappa shape index (κ3) is 3.45. The van der Waals surface area contributed by atoms with Crippen LogP contribution in [0.1, 0.15) is 20.3 Å². The second-order valence-corrected chi connectivity index (χ2v) is 2.87. The van der Waals surface area contributed by atoms with Gasteiger partial charge in [0.2, 0.25) is 0 Å². The number of aliphatic carboxylic acids is 1. The molecule has 0 radical (unpaired) electrons. The van der Waals surface area contributed by atoms with Gasteiger partial charge in [0.15, 0.2) is 0 Å². The van der Waals surface area contributed by atoms with Crippen LogP contribution >= 0.6 is 0 Å². The molecule has 60 valence electrons. The molecular weight excluding hydrogens is 130 g/mol. The summed E-state index contributed by atoms with van der Waals surface area (Å²) in [5.41, 5.74) is 3.67. The van der Waals surface area contributed by atoms with E-state index in [1.807, 2.05) is 13.8 Å². The first-order chi connectivity index (χ1) is 4.57. The third-order valence-electron chi connectivity index (χ3n) is 1.74. The number of quaternary nitrogens is 1. The SMILES string of the molecule is CC(C)C(C[NH3+])CC(=O)[O-]. The van der Waals surface area contributed by atoms with E-state index in [1.54, 1.807) is 0 Å². The minimum atomic E-state index is -0.970. The molecule has 0 saturated heterocycles. The zero-order valence-electron chi connectivity index (χ0n) is 6.59. The molecule has 1 atom stereocenters. The monoisotopic (exact) mass is 145 g/mol. The molecular formula is C7H15NO2. The minimum Gasteiger partial charge on any atom is -0.550 e. The maximum atomic E-state index is 10.1. The van der Waals surface area contributed by atoms with Gasteiger partial charge < -0.3 is 15.6 Å². The molecule has 1 unspecified atom stereocenters. The average Bonchev–Trinajstić information content (AvgIpc) is 1.81. The zero-order chi connectivity index (χ0) is 8.15. The molecule has 3 N–H and O–H groups in total. The fourth-order valence-electron chi connectivity index (χ4n) is 0.885. The van der Waals surface area contributed by atoms with Crippen molar-refractivity contribution < 1.29 is 15.6 Å². The molecule has 3 nitrogen and oxygen atoms in total. The first-order valence-corrected chi connectivity index (χ1v) is 3.57. The third-order valence-corrected chi connectivity index (χ3v) is 1.74. The molecule has 0 fully saturated rings. The first-order valence-electron chi connectivity index (χ1n) is 3.57. The van der Waals surface area contributed by atoms with E-state index in [0.29, 0.717) is 12.5 Å². The van der Waals surface area contributed by atoms with Crippen molar-refractivity contribution in [2.45, 2.75) is 20.3 Å². The molecule has 0 aliphatic carbocycles. The van der Waals surface area contributed by atoms with Crippen molar-refractivity contribution >= 4 is 5.97 Å². The topological polar surface area (TPSA) is 67.8 Å². The molecule has 0 aliphatic rings. The van der Waals surface area contributed by atoms with E-state index in [0.717, 1.165) is 0 Å². The van der Waals surface area contributed by atoms with Crippen LogP contribution in [0, 0.1) is 11.8 Å². The van der Waals surface area contributed by atoms with Gasteiger partial charge in [0, 0.05) is 11.9 Å². The predicted molar refractivity (Wildman–Crippen MR) is 35.7 cm³/mol. The summed E-state index contributed by atoms with van der Waals surface area (Å²) in [4.78, 5) is 10.1. The van der Waals surface area contributed by atoms with Crippen LogP contribution < -0.4 is 10.8 Å². The molecule has 0 aliphatic heterocycles. The lowest BCUT2D eigenvalue weighted by Crippen LogP contribution is -2.55. The quantitative estimate of drug-likeness (QED) is 0.531. The zero-order valence-corrected chi connectivity index (χ0v) is 6.59. The standard InChI is InChI=1S/C7H15NO2/c1-5(2)6(4-8)3-7(9)10/h5-6H,3-4,8H2,1-2H3,(H,9,10). The van der Waals surface area contributed by atoms with E-state index in [4.69, 9.17) is 0 Å².